The predicted molar refractivity (Wildman–Crippen MR) is 94.3 cm³/mol. The van der Waals surface area contributed by atoms with Gasteiger partial charge in [0.2, 0.25) is 0 Å². The molecule has 1 aromatic heterocycles. The Bertz CT molecular complexity index is 672. The molecule has 0 aliphatic heterocycles. The Morgan fingerprint density at radius 3 is 2.39 bits per heavy atom. The molecule has 0 unspecified atom stereocenters. The number of fused-ring (bicyclic) bond motifs is 1. The summed E-state index contributed by atoms with van der Waals surface area (Å²) in [5.41, 5.74) is 1.70. The average Bonchev–Trinajstić information content (AvgIpc) is 2.87. The second kappa shape index (κ2) is 7.51. The van der Waals surface area contributed by atoms with E-state index in [0.29, 0.717) is 24.5 Å². The van der Waals surface area contributed by atoms with Crippen LogP contribution in [0.4, 0.5) is 0 Å². The second-order valence-corrected chi connectivity index (χ2v) is 5.83. The Morgan fingerprint density at radius 1 is 1.17 bits per heavy atom. The van der Waals surface area contributed by atoms with E-state index in [1.165, 1.54) is 0 Å². The summed E-state index contributed by atoms with van der Waals surface area (Å²) >= 11 is 0. The monoisotopic (exact) mass is 317 g/mol. The molecular formula is C18H27N3O2. The summed E-state index contributed by atoms with van der Waals surface area (Å²) in [7, 11) is 5.71. The predicted octanol–water partition coefficient (Wildman–Crippen LogP) is 2.69. The van der Waals surface area contributed by atoms with Gasteiger partial charge in [-0.25, -0.2) is 0 Å². The van der Waals surface area contributed by atoms with Gasteiger partial charge in [0, 0.05) is 31.6 Å². The van der Waals surface area contributed by atoms with Gasteiger partial charge in [0.1, 0.15) is 0 Å². The summed E-state index contributed by atoms with van der Waals surface area (Å²) in [6, 6.07) is 8.04. The van der Waals surface area contributed by atoms with Crippen LogP contribution in [0.3, 0.4) is 0 Å². The van der Waals surface area contributed by atoms with Crippen LogP contribution in [0, 0.1) is 0 Å². The molecule has 0 saturated heterocycles. The summed E-state index contributed by atoms with van der Waals surface area (Å²) in [6.45, 7) is 6.99. The van der Waals surface area contributed by atoms with E-state index in [1.54, 1.807) is 7.11 Å². The van der Waals surface area contributed by atoms with Crippen LogP contribution >= 0.6 is 0 Å². The van der Waals surface area contributed by atoms with Crippen LogP contribution in [0.15, 0.2) is 24.3 Å². The fourth-order valence-corrected chi connectivity index (χ4v) is 2.88. The van der Waals surface area contributed by atoms with E-state index in [9.17, 15) is 4.79 Å². The van der Waals surface area contributed by atoms with E-state index in [1.807, 2.05) is 57.1 Å². The minimum absolute atomic E-state index is 0.0295. The molecule has 0 atom stereocenters. The smallest absolute Gasteiger partial charge is 0.274 e. The van der Waals surface area contributed by atoms with Crippen LogP contribution in [0.1, 0.15) is 24.3 Å². The van der Waals surface area contributed by atoms with Gasteiger partial charge in [0.15, 0.2) is 11.4 Å². The third kappa shape index (κ3) is 3.34. The summed E-state index contributed by atoms with van der Waals surface area (Å²) in [4.78, 5) is 17.0. The van der Waals surface area contributed by atoms with E-state index >= 15 is 0 Å². The largest absolute Gasteiger partial charge is 0.494 e. The number of para-hydroxylation sites is 1. The molecule has 0 aliphatic rings. The molecule has 1 heterocycles. The number of carbonyl (C=O) groups is 1. The number of hydrogen-bond donors (Lipinski definition) is 0. The van der Waals surface area contributed by atoms with Crippen LogP contribution in [0.25, 0.3) is 10.9 Å². The molecule has 0 bridgehead atoms. The van der Waals surface area contributed by atoms with Gasteiger partial charge in [-0.1, -0.05) is 12.1 Å². The van der Waals surface area contributed by atoms with Crippen molar-refractivity contribution in [1.82, 2.24) is 14.4 Å². The maximum atomic E-state index is 13.0. The molecule has 0 saturated carbocycles. The Balaban J connectivity index is 2.63. The molecule has 5 heteroatoms. The van der Waals surface area contributed by atoms with Crippen molar-refractivity contribution in [2.45, 2.75) is 20.4 Å². The Hall–Kier alpha value is -2.01. The number of nitrogens with zero attached hydrogens (tertiary/aromatic N) is 3. The number of rotatable bonds is 7. The minimum atomic E-state index is 0.0295. The number of aromatic nitrogens is 1. The fraction of sp³-hybridized carbons (Fsp3) is 0.500. The molecule has 2 rings (SSSR count). The number of carbonyl (C=O) groups excluding carboxylic acids is 1. The highest BCUT2D eigenvalue weighted by molar-refractivity contribution is 6.04. The number of likely N-dealkylation sites (N-methyl/N-ethyl adjacent to an activating group) is 1. The van der Waals surface area contributed by atoms with Crippen molar-refractivity contribution < 1.29 is 9.53 Å². The van der Waals surface area contributed by atoms with Crippen molar-refractivity contribution in [2.75, 3.05) is 40.8 Å². The van der Waals surface area contributed by atoms with Gasteiger partial charge in [-0.2, -0.15) is 0 Å². The lowest BCUT2D eigenvalue weighted by atomic mass is 10.2. The number of methoxy groups -OCH3 is 1. The van der Waals surface area contributed by atoms with Crippen LogP contribution in [0.2, 0.25) is 0 Å². The molecule has 0 N–H and O–H groups in total. The first kappa shape index (κ1) is 17.3. The molecule has 0 radical (unpaired) electrons. The molecule has 0 spiro atoms. The van der Waals surface area contributed by atoms with Crippen LogP contribution in [-0.2, 0) is 6.54 Å². The third-order valence-corrected chi connectivity index (χ3v) is 4.15. The lowest BCUT2D eigenvalue weighted by Crippen LogP contribution is -2.33. The van der Waals surface area contributed by atoms with Crippen LogP contribution in [-0.4, -0.2) is 61.1 Å². The zero-order valence-corrected chi connectivity index (χ0v) is 14.8. The quantitative estimate of drug-likeness (QED) is 0.788. The van der Waals surface area contributed by atoms with Crippen molar-refractivity contribution in [1.29, 1.82) is 0 Å². The Labute approximate surface area is 138 Å². The SMILES string of the molecule is CCN(CC)C(=O)c1c(OC)c2ccccc2n1CCN(C)C. The van der Waals surface area contributed by atoms with Crippen molar-refractivity contribution >= 4 is 16.8 Å². The molecular weight excluding hydrogens is 290 g/mol. The van der Waals surface area contributed by atoms with Crippen molar-refractivity contribution in [3.63, 3.8) is 0 Å². The topological polar surface area (TPSA) is 37.7 Å². The molecule has 1 amide bonds. The van der Waals surface area contributed by atoms with Gasteiger partial charge in [-0.3, -0.25) is 4.79 Å². The molecule has 0 fully saturated rings. The van der Waals surface area contributed by atoms with Gasteiger partial charge >= 0.3 is 0 Å². The molecule has 2 aromatic rings. The maximum absolute atomic E-state index is 13.0. The van der Waals surface area contributed by atoms with E-state index in [2.05, 4.69) is 9.47 Å². The van der Waals surface area contributed by atoms with Gasteiger partial charge in [0.25, 0.3) is 5.91 Å². The van der Waals surface area contributed by atoms with E-state index in [0.717, 1.165) is 24.0 Å². The number of amides is 1. The van der Waals surface area contributed by atoms with Gasteiger partial charge < -0.3 is 19.1 Å². The highest BCUT2D eigenvalue weighted by Crippen LogP contribution is 2.34. The number of benzene rings is 1. The highest BCUT2D eigenvalue weighted by atomic mass is 16.5. The first-order valence-corrected chi connectivity index (χ1v) is 8.14. The first-order valence-electron chi connectivity index (χ1n) is 8.14. The minimum Gasteiger partial charge on any atom is -0.494 e. The van der Waals surface area contributed by atoms with Crippen LogP contribution < -0.4 is 4.74 Å². The molecule has 126 valence electrons. The van der Waals surface area contributed by atoms with Gasteiger partial charge in [-0.15, -0.1) is 0 Å². The zero-order valence-electron chi connectivity index (χ0n) is 14.8. The third-order valence-electron chi connectivity index (χ3n) is 4.15. The van der Waals surface area contributed by atoms with E-state index in [4.69, 9.17) is 4.74 Å². The van der Waals surface area contributed by atoms with E-state index < -0.39 is 0 Å². The standard InChI is InChI=1S/C18H27N3O2/c1-6-20(7-2)18(22)16-17(23-5)14-10-8-9-11-15(14)21(16)13-12-19(3)4/h8-11H,6-7,12-13H2,1-5H3. The van der Waals surface area contributed by atoms with Crippen molar-refractivity contribution in [3.8, 4) is 5.75 Å². The fourth-order valence-electron chi connectivity index (χ4n) is 2.88. The lowest BCUT2D eigenvalue weighted by molar-refractivity contribution is 0.0758. The van der Waals surface area contributed by atoms with Gasteiger partial charge in [0.05, 0.1) is 12.6 Å². The molecule has 5 nitrogen and oxygen atoms in total. The average molecular weight is 317 g/mol. The number of hydrogen-bond acceptors (Lipinski definition) is 3. The summed E-state index contributed by atoms with van der Waals surface area (Å²) in [5, 5.41) is 0.990. The van der Waals surface area contributed by atoms with Crippen molar-refractivity contribution in [3.05, 3.63) is 30.0 Å². The normalized spacial score (nSPS) is 11.2. The first-order chi connectivity index (χ1) is 11.0. The Kier molecular flexibility index (Phi) is 5.66. The molecule has 1 aromatic carbocycles. The summed E-state index contributed by atoms with van der Waals surface area (Å²) in [5.74, 6) is 0.707. The second-order valence-electron chi connectivity index (χ2n) is 5.83. The van der Waals surface area contributed by atoms with Crippen molar-refractivity contribution in [2.24, 2.45) is 0 Å². The lowest BCUT2D eigenvalue weighted by Gasteiger charge is -2.21. The van der Waals surface area contributed by atoms with E-state index in [-0.39, 0.29) is 5.91 Å². The zero-order chi connectivity index (χ0) is 17.0. The van der Waals surface area contributed by atoms with Crippen LogP contribution in [0.5, 0.6) is 5.75 Å². The number of ether oxygens (including phenoxy) is 1. The Morgan fingerprint density at radius 2 is 1.83 bits per heavy atom. The van der Waals surface area contributed by atoms with Gasteiger partial charge in [-0.05, 0) is 40.1 Å². The molecule has 23 heavy (non-hydrogen) atoms. The maximum Gasteiger partial charge on any atom is 0.274 e. The highest BCUT2D eigenvalue weighted by Gasteiger charge is 2.26. The summed E-state index contributed by atoms with van der Waals surface area (Å²) < 4.78 is 7.72. The molecule has 0 aliphatic carbocycles. The summed E-state index contributed by atoms with van der Waals surface area (Å²) in [6.07, 6.45) is 0.